The van der Waals surface area contributed by atoms with Crippen molar-refractivity contribution in [2.45, 2.75) is 27.2 Å². The fourth-order valence-corrected chi connectivity index (χ4v) is 4.11. The fourth-order valence-electron chi connectivity index (χ4n) is 3.92. The molecule has 0 atom stereocenters. The van der Waals surface area contributed by atoms with Crippen molar-refractivity contribution in [3.05, 3.63) is 105 Å². The van der Waals surface area contributed by atoms with E-state index < -0.39 is 5.91 Å². The van der Waals surface area contributed by atoms with E-state index in [0.29, 0.717) is 22.2 Å². The normalized spacial score (nSPS) is 10.9. The number of nitrogens with zero attached hydrogens (tertiary/aromatic N) is 1. The van der Waals surface area contributed by atoms with E-state index in [1.54, 1.807) is 24.3 Å². The lowest BCUT2D eigenvalue weighted by Crippen LogP contribution is -2.26. The zero-order valence-corrected chi connectivity index (χ0v) is 18.9. The Hall–Kier alpha value is -3.57. The van der Waals surface area contributed by atoms with Gasteiger partial charge in [0.25, 0.3) is 5.91 Å². The molecule has 2 heterocycles. The highest BCUT2D eigenvalue weighted by Gasteiger charge is 2.25. The molecule has 1 N–H and O–H groups in total. The molecule has 0 fully saturated rings. The minimum absolute atomic E-state index is 0.0100. The van der Waals surface area contributed by atoms with E-state index in [1.807, 2.05) is 55.7 Å². The summed E-state index contributed by atoms with van der Waals surface area (Å²) in [6, 6.07) is 18.0. The molecule has 0 aliphatic heterocycles. The van der Waals surface area contributed by atoms with Gasteiger partial charge in [-0.05, 0) is 61.7 Å². The van der Waals surface area contributed by atoms with Crippen molar-refractivity contribution in [2.24, 2.45) is 0 Å². The van der Waals surface area contributed by atoms with E-state index in [9.17, 15) is 9.59 Å². The summed E-state index contributed by atoms with van der Waals surface area (Å²) in [6.07, 6.45) is 2.27. The minimum atomic E-state index is -0.485. The monoisotopic (exact) mass is 446 g/mol. The van der Waals surface area contributed by atoms with Gasteiger partial charge in [-0.3, -0.25) is 9.59 Å². The Morgan fingerprint density at radius 1 is 1.06 bits per heavy atom. The molecule has 0 saturated carbocycles. The summed E-state index contributed by atoms with van der Waals surface area (Å²) in [7, 11) is 0. The quantitative estimate of drug-likeness (QED) is 0.398. The largest absolute Gasteiger partial charge is 0.463 e. The van der Waals surface area contributed by atoms with E-state index in [2.05, 4.69) is 5.32 Å². The van der Waals surface area contributed by atoms with E-state index in [1.165, 1.54) is 12.3 Å². The third-order valence-electron chi connectivity index (χ3n) is 5.43. The number of pyridine rings is 1. The molecule has 0 unspecified atom stereocenters. The third kappa shape index (κ3) is 3.99. The summed E-state index contributed by atoms with van der Waals surface area (Å²) in [6.45, 7) is 5.77. The lowest BCUT2D eigenvalue weighted by atomic mass is 10.0. The molecular weight excluding hydrogens is 424 g/mol. The van der Waals surface area contributed by atoms with Gasteiger partial charge in [0, 0.05) is 28.2 Å². The molecule has 0 spiro atoms. The summed E-state index contributed by atoms with van der Waals surface area (Å²) >= 11 is 6.24. The Bertz CT molecular complexity index is 1350. The van der Waals surface area contributed by atoms with Crippen LogP contribution >= 0.6 is 11.6 Å². The van der Waals surface area contributed by atoms with Crippen LogP contribution < -0.4 is 10.7 Å². The van der Waals surface area contributed by atoms with Crippen molar-refractivity contribution in [1.82, 2.24) is 4.57 Å². The topological polar surface area (TPSA) is 64.2 Å². The molecule has 2 aromatic carbocycles. The second-order valence-electron chi connectivity index (χ2n) is 7.58. The number of hydrogen-bond donors (Lipinski definition) is 1. The number of halogens is 1. The van der Waals surface area contributed by atoms with Gasteiger partial charge in [0.2, 0.25) is 0 Å². The average Bonchev–Trinajstić information content (AvgIpc) is 3.29. The fraction of sp³-hybridized carbons (Fsp3) is 0.154. The van der Waals surface area contributed by atoms with Crippen LogP contribution in [0.4, 0.5) is 5.69 Å². The Morgan fingerprint density at radius 2 is 1.84 bits per heavy atom. The molecule has 4 rings (SSSR count). The van der Waals surface area contributed by atoms with Gasteiger partial charge in [-0.25, -0.2) is 0 Å². The zero-order chi connectivity index (χ0) is 22.8. The highest BCUT2D eigenvalue weighted by molar-refractivity contribution is 6.30. The molecule has 1 amide bonds. The molecule has 32 heavy (non-hydrogen) atoms. The van der Waals surface area contributed by atoms with Gasteiger partial charge >= 0.3 is 0 Å². The van der Waals surface area contributed by atoms with Crippen LogP contribution in [0.25, 0.3) is 17.1 Å². The molecule has 4 aromatic rings. The lowest BCUT2D eigenvalue weighted by molar-refractivity contribution is 0.102. The van der Waals surface area contributed by atoms with Crippen LogP contribution in [-0.2, 0) is 6.42 Å². The van der Waals surface area contributed by atoms with E-state index >= 15 is 0 Å². The molecule has 0 bridgehead atoms. The van der Waals surface area contributed by atoms with Gasteiger partial charge in [0.05, 0.1) is 6.26 Å². The predicted octanol–water partition coefficient (Wildman–Crippen LogP) is 6.18. The van der Waals surface area contributed by atoms with Crippen molar-refractivity contribution in [2.75, 3.05) is 5.32 Å². The van der Waals surface area contributed by atoms with E-state index in [-0.39, 0.29) is 11.0 Å². The number of carbonyl (C=O) groups excluding carboxylic acids is 1. The zero-order valence-electron chi connectivity index (χ0n) is 18.1. The van der Waals surface area contributed by atoms with E-state index in [4.69, 9.17) is 16.0 Å². The molecule has 6 heteroatoms. The van der Waals surface area contributed by atoms with Gasteiger partial charge in [0.15, 0.2) is 11.2 Å². The molecule has 0 aliphatic rings. The van der Waals surface area contributed by atoms with Crippen LogP contribution in [0.2, 0.25) is 5.02 Å². The van der Waals surface area contributed by atoms with Crippen molar-refractivity contribution in [3.63, 3.8) is 0 Å². The second kappa shape index (κ2) is 8.89. The van der Waals surface area contributed by atoms with Crippen LogP contribution in [0, 0.1) is 13.8 Å². The summed E-state index contributed by atoms with van der Waals surface area (Å²) in [5.41, 5.74) is 4.05. The SMILES string of the molecule is CCc1cccc(C)c1NC(=O)c1c(-c2ccco2)n(-c2cccc(Cl)c2)c(C)cc1=O. The number of para-hydroxylation sites is 1. The molecule has 2 aromatic heterocycles. The minimum Gasteiger partial charge on any atom is -0.463 e. The van der Waals surface area contributed by atoms with Crippen molar-refractivity contribution in [1.29, 1.82) is 0 Å². The average molecular weight is 447 g/mol. The summed E-state index contributed by atoms with van der Waals surface area (Å²) < 4.78 is 7.48. The molecule has 0 aliphatic carbocycles. The van der Waals surface area contributed by atoms with Crippen LogP contribution in [0.3, 0.4) is 0 Å². The van der Waals surface area contributed by atoms with E-state index in [0.717, 1.165) is 28.9 Å². The lowest BCUT2D eigenvalue weighted by Gasteiger charge is -2.20. The van der Waals surface area contributed by atoms with Crippen LogP contribution in [0.15, 0.2) is 76.1 Å². The maximum atomic E-state index is 13.5. The maximum absolute atomic E-state index is 13.5. The van der Waals surface area contributed by atoms with Crippen LogP contribution in [0.1, 0.15) is 34.1 Å². The number of rotatable bonds is 5. The summed E-state index contributed by atoms with van der Waals surface area (Å²) in [4.78, 5) is 26.7. The second-order valence-corrected chi connectivity index (χ2v) is 8.02. The Morgan fingerprint density at radius 3 is 2.53 bits per heavy atom. The highest BCUT2D eigenvalue weighted by Crippen LogP contribution is 2.30. The number of furan rings is 1. The van der Waals surface area contributed by atoms with Crippen molar-refractivity contribution < 1.29 is 9.21 Å². The molecular formula is C26H23ClN2O3. The number of anilines is 1. The number of hydrogen-bond acceptors (Lipinski definition) is 3. The smallest absolute Gasteiger partial charge is 0.261 e. The summed E-state index contributed by atoms with van der Waals surface area (Å²) in [5, 5.41) is 3.52. The molecule has 5 nitrogen and oxygen atoms in total. The standard InChI is InChI=1S/C26H23ClN2O3/c1-4-18-9-5-8-16(2)24(18)28-26(31)23-21(30)14-17(3)29(20-11-6-10-19(27)15-20)25(23)22-12-7-13-32-22/h5-15H,4H2,1-3H3,(H,28,31). The molecule has 162 valence electrons. The number of aryl methyl sites for hydroxylation is 3. The highest BCUT2D eigenvalue weighted by atomic mass is 35.5. The number of carbonyl (C=O) groups is 1. The number of benzene rings is 2. The van der Waals surface area contributed by atoms with Gasteiger partial charge in [-0.2, -0.15) is 0 Å². The molecule has 0 radical (unpaired) electrons. The Kier molecular flexibility index (Phi) is 6.01. The predicted molar refractivity (Wildman–Crippen MR) is 128 cm³/mol. The summed E-state index contributed by atoms with van der Waals surface area (Å²) in [5.74, 6) is -0.0717. The van der Waals surface area contributed by atoms with Gasteiger partial charge in [-0.15, -0.1) is 0 Å². The maximum Gasteiger partial charge on any atom is 0.261 e. The third-order valence-corrected chi connectivity index (χ3v) is 5.66. The Labute approximate surface area is 191 Å². The molecule has 0 saturated heterocycles. The first kappa shape index (κ1) is 21.7. The number of aromatic nitrogens is 1. The van der Waals surface area contributed by atoms with Crippen LogP contribution in [-0.4, -0.2) is 10.5 Å². The first-order valence-electron chi connectivity index (χ1n) is 10.4. The van der Waals surface area contributed by atoms with Gasteiger partial charge in [0.1, 0.15) is 11.3 Å². The van der Waals surface area contributed by atoms with Crippen LogP contribution in [0.5, 0.6) is 0 Å². The Balaban J connectivity index is 1.96. The first-order valence-corrected chi connectivity index (χ1v) is 10.7. The van der Waals surface area contributed by atoms with Crippen molar-refractivity contribution in [3.8, 4) is 17.1 Å². The van der Waals surface area contributed by atoms with Gasteiger partial charge < -0.3 is 14.3 Å². The number of nitrogens with one attached hydrogen (secondary N) is 1. The van der Waals surface area contributed by atoms with Crippen molar-refractivity contribution >= 4 is 23.2 Å². The number of amides is 1. The van der Waals surface area contributed by atoms with Gasteiger partial charge in [-0.1, -0.05) is 42.8 Å². The first-order chi connectivity index (χ1) is 15.4.